The van der Waals surface area contributed by atoms with Gasteiger partial charge in [-0.25, -0.2) is 0 Å². The molecule has 1 fully saturated rings. The maximum atomic E-state index is 10.9. The van der Waals surface area contributed by atoms with Gasteiger partial charge in [0.1, 0.15) is 5.60 Å². The molecule has 0 N–H and O–H groups in total. The van der Waals surface area contributed by atoms with Crippen LogP contribution in [0.5, 0.6) is 0 Å². The van der Waals surface area contributed by atoms with Crippen LogP contribution in [0, 0.1) is 0 Å². The summed E-state index contributed by atoms with van der Waals surface area (Å²) in [5.41, 5.74) is -0.997. The maximum Gasteiger partial charge on any atom is 0.221 e. The van der Waals surface area contributed by atoms with Crippen molar-refractivity contribution in [3.05, 3.63) is 0 Å². The molecule has 0 aliphatic carbocycles. The van der Waals surface area contributed by atoms with Gasteiger partial charge in [-0.15, -0.1) is 0 Å². The van der Waals surface area contributed by atoms with Crippen molar-refractivity contribution in [1.82, 2.24) is 0 Å². The van der Waals surface area contributed by atoms with Gasteiger partial charge in [-0.05, 0) is 20.8 Å². The average Bonchev–Trinajstić information content (AvgIpc) is 2.24. The highest BCUT2D eigenvalue weighted by atomic mass is 16.8. The van der Waals surface area contributed by atoms with Crippen LogP contribution in [-0.2, 0) is 23.7 Å². The minimum Gasteiger partial charge on any atom is -0.349 e. The first-order chi connectivity index (χ1) is 6.85. The summed E-state index contributed by atoms with van der Waals surface area (Å²) in [6.45, 7) is 5.17. The number of aldehydes is 1. The second kappa shape index (κ2) is 3.83. The van der Waals surface area contributed by atoms with E-state index in [0.717, 1.165) is 0 Å². The lowest BCUT2D eigenvalue weighted by Gasteiger charge is -2.51. The van der Waals surface area contributed by atoms with E-state index in [1.54, 1.807) is 20.8 Å². The first kappa shape index (κ1) is 12.6. The lowest BCUT2D eigenvalue weighted by molar-refractivity contribution is -0.440. The van der Waals surface area contributed by atoms with Crippen LogP contribution in [0.3, 0.4) is 0 Å². The SMILES string of the molecule is CO[C@]1(C)OC[C@](C)(C=O)O[C@@]1(C)OC. The summed E-state index contributed by atoms with van der Waals surface area (Å²) in [6, 6.07) is 0. The van der Waals surface area contributed by atoms with Crippen LogP contribution in [-0.4, -0.2) is 44.3 Å². The number of carbonyl (C=O) groups excluding carboxylic acids is 1. The van der Waals surface area contributed by atoms with Crippen molar-refractivity contribution in [1.29, 1.82) is 0 Å². The molecule has 0 bridgehead atoms. The van der Waals surface area contributed by atoms with Crippen LogP contribution >= 0.6 is 0 Å². The van der Waals surface area contributed by atoms with Crippen molar-refractivity contribution >= 4 is 6.29 Å². The Morgan fingerprint density at radius 3 is 2.07 bits per heavy atom. The molecular formula is C10H18O5. The number of rotatable bonds is 3. The monoisotopic (exact) mass is 218 g/mol. The van der Waals surface area contributed by atoms with Gasteiger partial charge in [0.2, 0.25) is 11.6 Å². The molecule has 3 atom stereocenters. The lowest BCUT2D eigenvalue weighted by Crippen LogP contribution is -2.66. The molecule has 0 aromatic carbocycles. The molecule has 1 rings (SSSR count). The number of hydrogen-bond acceptors (Lipinski definition) is 5. The number of methoxy groups -OCH3 is 2. The van der Waals surface area contributed by atoms with Gasteiger partial charge in [0, 0.05) is 14.2 Å². The third-order valence-corrected chi connectivity index (χ3v) is 2.92. The van der Waals surface area contributed by atoms with Crippen molar-refractivity contribution in [2.75, 3.05) is 20.8 Å². The Balaban J connectivity index is 2.98. The summed E-state index contributed by atoms with van der Waals surface area (Å²) in [7, 11) is 2.99. The van der Waals surface area contributed by atoms with E-state index in [9.17, 15) is 4.79 Å². The third kappa shape index (κ3) is 1.92. The van der Waals surface area contributed by atoms with Crippen molar-refractivity contribution in [3.63, 3.8) is 0 Å². The van der Waals surface area contributed by atoms with E-state index < -0.39 is 17.2 Å². The Morgan fingerprint density at radius 1 is 1.13 bits per heavy atom. The Kier molecular flexibility index (Phi) is 3.21. The van der Waals surface area contributed by atoms with Crippen LogP contribution < -0.4 is 0 Å². The quantitative estimate of drug-likeness (QED) is 0.653. The number of hydrogen-bond donors (Lipinski definition) is 0. The lowest BCUT2D eigenvalue weighted by atomic mass is 10.0. The second-order valence-corrected chi connectivity index (χ2v) is 4.12. The number of carbonyl (C=O) groups is 1. The van der Waals surface area contributed by atoms with Crippen molar-refractivity contribution in [2.45, 2.75) is 37.9 Å². The van der Waals surface area contributed by atoms with Crippen molar-refractivity contribution < 1.29 is 23.7 Å². The average molecular weight is 218 g/mol. The highest BCUT2D eigenvalue weighted by Crippen LogP contribution is 2.39. The molecular weight excluding hydrogens is 200 g/mol. The Hall–Kier alpha value is -0.490. The highest BCUT2D eigenvalue weighted by Gasteiger charge is 2.56. The summed E-state index contributed by atoms with van der Waals surface area (Å²) in [4.78, 5) is 10.9. The molecule has 0 radical (unpaired) electrons. The van der Waals surface area contributed by atoms with E-state index in [2.05, 4.69) is 0 Å². The predicted molar refractivity (Wildman–Crippen MR) is 52.3 cm³/mol. The predicted octanol–water partition coefficient (Wildman–Crippen LogP) is 0.716. The van der Waals surface area contributed by atoms with E-state index in [1.807, 2.05) is 0 Å². The van der Waals surface area contributed by atoms with Gasteiger partial charge >= 0.3 is 0 Å². The fraction of sp³-hybridized carbons (Fsp3) is 0.900. The second-order valence-electron chi connectivity index (χ2n) is 4.12. The van der Waals surface area contributed by atoms with Gasteiger partial charge in [-0.2, -0.15) is 0 Å². The van der Waals surface area contributed by atoms with E-state index in [-0.39, 0.29) is 6.61 Å². The zero-order valence-electron chi connectivity index (χ0n) is 9.83. The Bertz CT molecular complexity index is 256. The molecule has 5 heteroatoms. The summed E-state index contributed by atoms with van der Waals surface area (Å²) < 4.78 is 21.6. The first-order valence-corrected chi connectivity index (χ1v) is 4.75. The van der Waals surface area contributed by atoms with E-state index >= 15 is 0 Å². The van der Waals surface area contributed by atoms with Crippen LogP contribution in [0.25, 0.3) is 0 Å². The van der Waals surface area contributed by atoms with Crippen molar-refractivity contribution in [3.8, 4) is 0 Å². The Labute approximate surface area is 89.6 Å². The van der Waals surface area contributed by atoms with Crippen LogP contribution in [0.15, 0.2) is 0 Å². The van der Waals surface area contributed by atoms with Crippen LogP contribution in [0.1, 0.15) is 20.8 Å². The third-order valence-electron chi connectivity index (χ3n) is 2.92. The molecule has 88 valence electrons. The van der Waals surface area contributed by atoms with Gasteiger partial charge in [-0.1, -0.05) is 0 Å². The molecule has 1 heterocycles. The Morgan fingerprint density at radius 2 is 1.67 bits per heavy atom. The maximum absolute atomic E-state index is 10.9. The molecule has 0 amide bonds. The molecule has 0 spiro atoms. The van der Waals surface area contributed by atoms with E-state index in [1.165, 1.54) is 14.2 Å². The fourth-order valence-electron chi connectivity index (χ4n) is 1.51. The summed E-state index contributed by atoms with van der Waals surface area (Å²) in [5.74, 6) is -2.14. The van der Waals surface area contributed by atoms with Crippen LogP contribution in [0.2, 0.25) is 0 Å². The van der Waals surface area contributed by atoms with Crippen molar-refractivity contribution in [2.24, 2.45) is 0 Å². The van der Waals surface area contributed by atoms with Gasteiger partial charge < -0.3 is 23.7 Å². The minimum absolute atomic E-state index is 0.139. The largest absolute Gasteiger partial charge is 0.349 e. The van der Waals surface area contributed by atoms with Gasteiger partial charge in [0.15, 0.2) is 6.29 Å². The molecule has 1 aliphatic heterocycles. The molecule has 0 aromatic heterocycles. The first-order valence-electron chi connectivity index (χ1n) is 4.75. The smallest absolute Gasteiger partial charge is 0.221 e. The summed E-state index contributed by atoms with van der Waals surface area (Å²) >= 11 is 0. The molecule has 1 saturated heterocycles. The van der Waals surface area contributed by atoms with Gasteiger partial charge in [0.05, 0.1) is 6.61 Å². The zero-order chi connectivity index (χ0) is 11.7. The summed E-state index contributed by atoms with van der Waals surface area (Å²) in [6.07, 6.45) is 0.708. The molecule has 15 heavy (non-hydrogen) atoms. The van der Waals surface area contributed by atoms with Gasteiger partial charge in [0.25, 0.3) is 0 Å². The minimum atomic E-state index is -1.12. The van der Waals surface area contributed by atoms with Crippen LogP contribution in [0.4, 0.5) is 0 Å². The van der Waals surface area contributed by atoms with E-state index in [4.69, 9.17) is 18.9 Å². The fourth-order valence-corrected chi connectivity index (χ4v) is 1.51. The summed E-state index contributed by atoms with van der Waals surface area (Å²) in [5, 5.41) is 0. The van der Waals surface area contributed by atoms with Gasteiger partial charge in [-0.3, -0.25) is 0 Å². The molecule has 0 aromatic rings. The molecule has 0 saturated carbocycles. The van der Waals surface area contributed by atoms with E-state index in [0.29, 0.717) is 6.29 Å². The zero-order valence-corrected chi connectivity index (χ0v) is 9.83. The standard InChI is InChI=1S/C10H18O5/c1-8(6-11)7-14-9(2,12-4)10(3,13-5)15-8/h6H,7H2,1-5H3/t8-,9+,10+/m0/s1. The topological polar surface area (TPSA) is 54.0 Å². The normalized spacial score (nSPS) is 46.5. The highest BCUT2D eigenvalue weighted by molar-refractivity contribution is 5.62. The molecule has 5 nitrogen and oxygen atoms in total. The molecule has 1 aliphatic rings. The number of ether oxygens (including phenoxy) is 4. The molecule has 0 unspecified atom stereocenters.